The van der Waals surface area contributed by atoms with E-state index in [2.05, 4.69) is 15.5 Å². The lowest BCUT2D eigenvalue weighted by atomic mass is 10.1. The van der Waals surface area contributed by atoms with Crippen molar-refractivity contribution in [1.29, 1.82) is 0 Å². The first-order chi connectivity index (χ1) is 9.46. The maximum absolute atomic E-state index is 11.8. The minimum Gasteiger partial charge on any atom is -0.356 e. The zero-order valence-electron chi connectivity index (χ0n) is 11.2. The van der Waals surface area contributed by atoms with E-state index in [4.69, 9.17) is 0 Å². The predicted molar refractivity (Wildman–Crippen MR) is 79.8 cm³/mol. The summed E-state index contributed by atoms with van der Waals surface area (Å²) in [5.74, 6) is 0.494. The summed E-state index contributed by atoms with van der Waals surface area (Å²) in [5.41, 5.74) is 0. The van der Waals surface area contributed by atoms with Crippen LogP contribution in [0.4, 0.5) is 0 Å². The molecule has 20 heavy (non-hydrogen) atoms. The molecule has 1 fully saturated rings. The molecule has 0 aliphatic carbocycles. The number of nitrogens with one attached hydrogen (secondary N) is 1. The lowest BCUT2D eigenvalue weighted by molar-refractivity contribution is -0.124. The van der Waals surface area contributed by atoms with Crippen molar-refractivity contribution in [3.8, 4) is 0 Å². The van der Waals surface area contributed by atoms with Crippen LogP contribution in [0.25, 0.3) is 0 Å². The van der Waals surface area contributed by atoms with E-state index in [-0.39, 0.29) is 23.3 Å². The second kappa shape index (κ2) is 6.86. The summed E-state index contributed by atoms with van der Waals surface area (Å²) >= 11 is 3.18. The third-order valence-electron chi connectivity index (χ3n) is 2.96. The van der Waals surface area contributed by atoms with Gasteiger partial charge in [0, 0.05) is 12.3 Å². The standard InChI is InChI=1S/C11H17N3O3S3/c1-8-13-14-11(19-8)18-5-2-4-12-10(15)9-3-6-20(16,17)7-9/h9H,2-7H2,1H3,(H,12,15)/t9-/m1/s1. The number of amides is 1. The van der Waals surface area contributed by atoms with Gasteiger partial charge in [0.15, 0.2) is 14.2 Å². The molecule has 1 aromatic heterocycles. The second-order valence-electron chi connectivity index (χ2n) is 4.68. The van der Waals surface area contributed by atoms with Crippen molar-refractivity contribution >= 4 is 38.8 Å². The van der Waals surface area contributed by atoms with Gasteiger partial charge >= 0.3 is 0 Å². The number of thioether (sulfide) groups is 1. The fourth-order valence-corrected chi connectivity index (χ4v) is 5.49. The number of aryl methyl sites for hydroxylation is 1. The fraction of sp³-hybridized carbons (Fsp3) is 0.727. The van der Waals surface area contributed by atoms with E-state index in [0.717, 1.165) is 21.5 Å². The Balaban J connectivity index is 1.60. The number of rotatable bonds is 6. The zero-order chi connectivity index (χ0) is 14.6. The molecule has 0 unspecified atom stereocenters. The van der Waals surface area contributed by atoms with Gasteiger partial charge < -0.3 is 5.32 Å². The number of hydrogen-bond donors (Lipinski definition) is 1. The van der Waals surface area contributed by atoms with E-state index in [9.17, 15) is 13.2 Å². The first-order valence-corrected chi connectivity index (χ1v) is 10.00. The molecule has 9 heteroatoms. The van der Waals surface area contributed by atoms with Crippen molar-refractivity contribution in [2.45, 2.75) is 24.1 Å². The van der Waals surface area contributed by atoms with E-state index in [1.165, 1.54) is 0 Å². The van der Waals surface area contributed by atoms with Crippen molar-refractivity contribution in [2.24, 2.45) is 5.92 Å². The largest absolute Gasteiger partial charge is 0.356 e. The number of carbonyl (C=O) groups is 1. The maximum Gasteiger partial charge on any atom is 0.224 e. The van der Waals surface area contributed by atoms with Crippen molar-refractivity contribution < 1.29 is 13.2 Å². The molecule has 0 radical (unpaired) electrons. The first-order valence-electron chi connectivity index (χ1n) is 6.37. The van der Waals surface area contributed by atoms with Gasteiger partial charge in [-0.1, -0.05) is 23.1 Å². The van der Waals surface area contributed by atoms with Crippen molar-refractivity contribution in [2.75, 3.05) is 23.8 Å². The van der Waals surface area contributed by atoms with Crippen LogP contribution in [0.3, 0.4) is 0 Å². The van der Waals surface area contributed by atoms with Crippen LogP contribution in [0, 0.1) is 12.8 Å². The van der Waals surface area contributed by atoms with Crippen molar-refractivity contribution in [3.05, 3.63) is 5.01 Å². The maximum atomic E-state index is 11.8. The van der Waals surface area contributed by atoms with Gasteiger partial charge in [-0.25, -0.2) is 8.42 Å². The highest BCUT2D eigenvalue weighted by molar-refractivity contribution is 8.01. The molecule has 1 aromatic rings. The minimum atomic E-state index is -2.99. The van der Waals surface area contributed by atoms with Gasteiger partial charge in [0.05, 0.1) is 17.4 Å². The molecule has 1 saturated heterocycles. The van der Waals surface area contributed by atoms with Crippen LogP contribution in [0.15, 0.2) is 4.34 Å². The Morgan fingerprint density at radius 1 is 1.50 bits per heavy atom. The Morgan fingerprint density at radius 3 is 2.90 bits per heavy atom. The number of sulfone groups is 1. The SMILES string of the molecule is Cc1nnc(SCCCNC(=O)[C@@H]2CCS(=O)(=O)C2)s1. The first kappa shape index (κ1) is 15.7. The summed E-state index contributed by atoms with van der Waals surface area (Å²) < 4.78 is 23.5. The van der Waals surface area contributed by atoms with Crippen LogP contribution >= 0.6 is 23.1 Å². The number of aromatic nitrogens is 2. The number of hydrogen-bond acceptors (Lipinski definition) is 7. The quantitative estimate of drug-likeness (QED) is 0.613. The lowest BCUT2D eigenvalue weighted by Crippen LogP contribution is -2.32. The molecule has 1 amide bonds. The molecule has 0 bridgehead atoms. The van der Waals surface area contributed by atoms with Gasteiger partial charge in [-0.2, -0.15) is 0 Å². The fourth-order valence-electron chi connectivity index (χ4n) is 1.93. The Kier molecular flexibility index (Phi) is 5.39. The lowest BCUT2D eigenvalue weighted by Gasteiger charge is -2.08. The molecule has 0 saturated carbocycles. The van der Waals surface area contributed by atoms with Crippen LogP contribution in [-0.4, -0.2) is 48.3 Å². The predicted octanol–water partition coefficient (Wildman–Crippen LogP) is 0.880. The highest BCUT2D eigenvalue weighted by Crippen LogP contribution is 2.22. The van der Waals surface area contributed by atoms with E-state index >= 15 is 0 Å². The zero-order valence-corrected chi connectivity index (χ0v) is 13.6. The van der Waals surface area contributed by atoms with Crippen LogP contribution < -0.4 is 5.32 Å². The summed E-state index contributed by atoms with van der Waals surface area (Å²) in [6.45, 7) is 2.48. The molecule has 1 aliphatic heterocycles. The van der Waals surface area contributed by atoms with Gasteiger partial charge in [-0.3, -0.25) is 4.79 Å². The van der Waals surface area contributed by atoms with E-state index < -0.39 is 9.84 Å². The molecule has 112 valence electrons. The summed E-state index contributed by atoms with van der Waals surface area (Å²) in [6.07, 6.45) is 1.28. The molecule has 1 aliphatic rings. The molecular formula is C11H17N3O3S3. The topological polar surface area (TPSA) is 89.0 Å². The molecular weight excluding hydrogens is 318 g/mol. The minimum absolute atomic E-state index is 0.00234. The summed E-state index contributed by atoms with van der Waals surface area (Å²) in [5, 5.41) is 11.7. The Labute approximate surface area is 126 Å². The third-order valence-corrected chi connectivity index (χ3v) is 6.78. The summed E-state index contributed by atoms with van der Waals surface area (Å²) in [4.78, 5) is 11.8. The second-order valence-corrected chi connectivity index (χ2v) is 9.43. The van der Waals surface area contributed by atoms with Crippen LogP contribution in [-0.2, 0) is 14.6 Å². The molecule has 2 rings (SSSR count). The average Bonchev–Trinajstić information content (AvgIpc) is 2.94. The van der Waals surface area contributed by atoms with Crippen molar-refractivity contribution in [1.82, 2.24) is 15.5 Å². The number of carbonyl (C=O) groups excluding carboxylic acids is 1. The molecule has 1 N–H and O–H groups in total. The molecule has 0 spiro atoms. The molecule has 0 aromatic carbocycles. The van der Waals surface area contributed by atoms with Gasteiger partial charge in [0.1, 0.15) is 5.01 Å². The Morgan fingerprint density at radius 2 is 2.30 bits per heavy atom. The Hall–Kier alpha value is -0.670. The Bertz CT molecular complexity index is 570. The van der Waals surface area contributed by atoms with Crippen LogP contribution in [0.1, 0.15) is 17.8 Å². The average molecular weight is 335 g/mol. The number of nitrogens with zero attached hydrogens (tertiary/aromatic N) is 2. The van der Waals surface area contributed by atoms with Gasteiger partial charge in [-0.05, 0) is 19.8 Å². The monoisotopic (exact) mass is 335 g/mol. The smallest absolute Gasteiger partial charge is 0.224 e. The summed E-state index contributed by atoms with van der Waals surface area (Å²) in [7, 11) is -2.99. The van der Waals surface area contributed by atoms with Gasteiger partial charge in [0.2, 0.25) is 5.91 Å². The van der Waals surface area contributed by atoms with E-state index in [1.807, 2.05) is 6.92 Å². The van der Waals surface area contributed by atoms with Crippen LogP contribution in [0.5, 0.6) is 0 Å². The third kappa shape index (κ3) is 4.71. The highest BCUT2D eigenvalue weighted by Gasteiger charge is 2.32. The molecule has 2 heterocycles. The molecule has 6 nitrogen and oxygen atoms in total. The molecule has 1 atom stereocenters. The van der Waals surface area contributed by atoms with Gasteiger partial charge in [-0.15, -0.1) is 10.2 Å². The van der Waals surface area contributed by atoms with Gasteiger partial charge in [0.25, 0.3) is 0 Å². The van der Waals surface area contributed by atoms with Crippen molar-refractivity contribution in [3.63, 3.8) is 0 Å². The van der Waals surface area contributed by atoms with E-state index in [0.29, 0.717) is 13.0 Å². The summed E-state index contributed by atoms with van der Waals surface area (Å²) in [6, 6.07) is 0. The highest BCUT2D eigenvalue weighted by atomic mass is 32.2. The van der Waals surface area contributed by atoms with Crippen LogP contribution in [0.2, 0.25) is 0 Å². The normalized spacial score (nSPS) is 20.9. The van der Waals surface area contributed by atoms with E-state index in [1.54, 1.807) is 23.1 Å².